The van der Waals surface area contributed by atoms with Crippen molar-refractivity contribution in [3.63, 3.8) is 0 Å². The Morgan fingerprint density at radius 1 is 1.00 bits per heavy atom. The Kier molecular flexibility index (Phi) is 6.57. The first-order chi connectivity index (χ1) is 14.1. The maximum Gasteiger partial charge on any atom is 0.338 e. The molecule has 0 unspecified atom stereocenters. The predicted molar refractivity (Wildman–Crippen MR) is 109 cm³/mol. The second kappa shape index (κ2) is 9.50. The van der Waals surface area contributed by atoms with E-state index in [-0.39, 0.29) is 17.5 Å². The fourth-order valence-corrected chi connectivity index (χ4v) is 2.64. The molecule has 29 heavy (non-hydrogen) atoms. The van der Waals surface area contributed by atoms with Crippen LogP contribution in [-0.2, 0) is 11.2 Å². The number of nitrogens with one attached hydrogen (secondary N) is 2. The third kappa shape index (κ3) is 5.41. The third-order valence-corrected chi connectivity index (χ3v) is 4.03. The topological polar surface area (TPSA) is 106 Å². The molecular weight excluding hydrogens is 372 g/mol. The molecule has 0 radical (unpaired) electrons. The number of benzene rings is 2. The first-order valence-corrected chi connectivity index (χ1v) is 9.31. The van der Waals surface area contributed by atoms with Gasteiger partial charge in [0.1, 0.15) is 11.4 Å². The van der Waals surface area contributed by atoms with Crippen LogP contribution >= 0.6 is 0 Å². The van der Waals surface area contributed by atoms with Gasteiger partial charge in [0.05, 0.1) is 18.8 Å². The zero-order valence-corrected chi connectivity index (χ0v) is 16.3. The number of H-pyrrole nitrogens is 1. The summed E-state index contributed by atoms with van der Waals surface area (Å²) in [5.41, 5.74) is 2.03. The lowest BCUT2D eigenvalue weighted by molar-refractivity contribution is 0.0526. The summed E-state index contributed by atoms with van der Waals surface area (Å²) < 4.78 is 10.4. The standard InChI is InChI=1S/C21H22N4O4/c1-3-28-17-11-5-14(6-12-17)13-18-19(26)23-21(25-24-18)22-16-9-7-15(8-10-16)20(27)29-4-2/h5-12H,3-4,13H2,1-2H3,(H2,22,23,25,26). The minimum Gasteiger partial charge on any atom is -0.494 e. The normalized spacial score (nSPS) is 10.4. The van der Waals surface area contributed by atoms with Gasteiger partial charge in [0, 0.05) is 12.1 Å². The van der Waals surface area contributed by atoms with E-state index >= 15 is 0 Å². The van der Waals surface area contributed by atoms with Crippen LogP contribution in [-0.4, -0.2) is 34.4 Å². The van der Waals surface area contributed by atoms with Gasteiger partial charge in [0.2, 0.25) is 5.95 Å². The van der Waals surface area contributed by atoms with Crippen LogP contribution in [0.25, 0.3) is 0 Å². The molecule has 3 rings (SSSR count). The lowest BCUT2D eigenvalue weighted by Gasteiger charge is -2.07. The number of rotatable bonds is 8. The van der Waals surface area contributed by atoms with Gasteiger partial charge < -0.3 is 14.8 Å². The van der Waals surface area contributed by atoms with Crippen LogP contribution in [0.3, 0.4) is 0 Å². The fourth-order valence-electron chi connectivity index (χ4n) is 2.64. The van der Waals surface area contributed by atoms with Crippen LogP contribution in [0.15, 0.2) is 53.3 Å². The van der Waals surface area contributed by atoms with Crippen molar-refractivity contribution in [1.82, 2.24) is 15.2 Å². The molecule has 0 aliphatic rings. The summed E-state index contributed by atoms with van der Waals surface area (Å²) in [5.74, 6) is 0.616. The van der Waals surface area contributed by atoms with Gasteiger partial charge in [-0.3, -0.25) is 9.78 Å². The molecule has 0 saturated carbocycles. The molecule has 0 aliphatic carbocycles. The molecule has 1 heterocycles. The van der Waals surface area contributed by atoms with E-state index in [1.165, 1.54) is 0 Å². The number of carbonyl (C=O) groups is 1. The minimum atomic E-state index is -0.383. The molecule has 0 saturated heterocycles. The highest BCUT2D eigenvalue weighted by Gasteiger charge is 2.08. The SMILES string of the molecule is CCOC(=O)c1ccc(Nc2nnc(Cc3ccc(OCC)cc3)c(=O)[nH]2)cc1. The Hall–Kier alpha value is -3.68. The molecule has 0 atom stereocenters. The number of nitrogens with zero attached hydrogens (tertiary/aromatic N) is 2. The summed E-state index contributed by atoms with van der Waals surface area (Å²) in [6, 6.07) is 14.2. The van der Waals surface area contributed by atoms with Gasteiger partial charge in [-0.25, -0.2) is 4.79 Å². The van der Waals surface area contributed by atoms with Crippen LogP contribution in [0.5, 0.6) is 5.75 Å². The Morgan fingerprint density at radius 3 is 2.34 bits per heavy atom. The number of ether oxygens (including phenoxy) is 2. The van der Waals surface area contributed by atoms with Crippen LogP contribution in [0, 0.1) is 0 Å². The van der Waals surface area contributed by atoms with Gasteiger partial charge >= 0.3 is 5.97 Å². The fraction of sp³-hybridized carbons (Fsp3) is 0.238. The highest BCUT2D eigenvalue weighted by Crippen LogP contribution is 2.15. The summed E-state index contributed by atoms with van der Waals surface area (Å²) in [4.78, 5) is 26.7. The summed E-state index contributed by atoms with van der Waals surface area (Å²) >= 11 is 0. The molecule has 8 nitrogen and oxygen atoms in total. The van der Waals surface area contributed by atoms with Crippen molar-refractivity contribution in [2.24, 2.45) is 0 Å². The van der Waals surface area contributed by atoms with Crippen molar-refractivity contribution in [1.29, 1.82) is 0 Å². The molecule has 0 amide bonds. The summed E-state index contributed by atoms with van der Waals surface area (Å²) in [7, 11) is 0. The molecule has 0 spiro atoms. The van der Waals surface area contributed by atoms with E-state index in [9.17, 15) is 9.59 Å². The zero-order valence-electron chi connectivity index (χ0n) is 16.3. The number of anilines is 2. The van der Waals surface area contributed by atoms with Crippen LogP contribution < -0.4 is 15.6 Å². The van der Waals surface area contributed by atoms with Crippen LogP contribution in [0.4, 0.5) is 11.6 Å². The van der Waals surface area contributed by atoms with Crippen molar-refractivity contribution in [3.05, 3.63) is 75.7 Å². The first kappa shape index (κ1) is 20.1. The number of esters is 1. The number of hydrogen-bond donors (Lipinski definition) is 2. The number of carbonyl (C=O) groups excluding carboxylic acids is 1. The van der Waals surface area contributed by atoms with Gasteiger partial charge in [0.25, 0.3) is 5.56 Å². The van der Waals surface area contributed by atoms with E-state index in [2.05, 4.69) is 20.5 Å². The van der Waals surface area contributed by atoms with E-state index in [4.69, 9.17) is 9.47 Å². The van der Waals surface area contributed by atoms with Crippen molar-refractivity contribution in [2.45, 2.75) is 20.3 Å². The minimum absolute atomic E-state index is 0.217. The predicted octanol–water partition coefficient (Wildman–Crippen LogP) is 3.07. The van der Waals surface area contributed by atoms with E-state index in [1.54, 1.807) is 31.2 Å². The van der Waals surface area contributed by atoms with E-state index in [1.807, 2.05) is 31.2 Å². The highest BCUT2D eigenvalue weighted by molar-refractivity contribution is 5.89. The van der Waals surface area contributed by atoms with E-state index in [0.717, 1.165) is 11.3 Å². The molecular formula is C21H22N4O4. The number of hydrogen-bond acceptors (Lipinski definition) is 7. The smallest absolute Gasteiger partial charge is 0.338 e. The first-order valence-electron chi connectivity index (χ1n) is 9.31. The monoisotopic (exact) mass is 394 g/mol. The second-order valence-electron chi connectivity index (χ2n) is 6.13. The average molecular weight is 394 g/mol. The second-order valence-corrected chi connectivity index (χ2v) is 6.13. The van der Waals surface area contributed by atoms with Gasteiger partial charge in [-0.15, -0.1) is 10.2 Å². The number of aromatic amines is 1. The maximum atomic E-state index is 12.3. The zero-order chi connectivity index (χ0) is 20.6. The molecule has 150 valence electrons. The molecule has 8 heteroatoms. The van der Waals surface area contributed by atoms with Crippen molar-refractivity contribution in [2.75, 3.05) is 18.5 Å². The maximum absolute atomic E-state index is 12.3. The Bertz CT molecular complexity index is 1010. The molecule has 0 fully saturated rings. The molecule has 1 aromatic heterocycles. The Morgan fingerprint density at radius 2 is 1.72 bits per heavy atom. The van der Waals surface area contributed by atoms with E-state index in [0.29, 0.717) is 36.6 Å². The summed E-state index contributed by atoms with van der Waals surface area (Å²) in [5, 5.41) is 11.0. The molecule has 0 aliphatic heterocycles. The largest absolute Gasteiger partial charge is 0.494 e. The average Bonchev–Trinajstić information content (AvgIpc) is 2.72. The van der Waals surface area contributed by atoms with Gasteiger partial charge in [0.15, 0.2) is 0 Å². The number of aromatic nitrogens is 3. The van der Waals surface area contributed by atoms with Crippen LogP contribution in [0.2, 0.25) is 0 Å². The Balaban J connectivity index is 1.66. The highest BCUT2D eigenvalue weighted by atomic mass is 16.5. The quantitative estimate of drug-likeness (QED) is 0.566. The van der Waals surface area contributed by atoms with Crippen LogP contribution in [0.1, 0.15) is 35.5 Å². The summed E-state index contributed by atoms with van der Waals surface area (Å²) in [6.07, 6.45) is 0.364. The van der Waals surface area contributed by atoms with Gasteiger partial charge in [-0.05, 0) is 55.8 Å². The lowest BCUT2D eigenvalue weighted by atomic mass is 10.1. The van der Waals surface area contributed by atoms with Crippen molar-refractivity contribution >= 4 is 17.6 Å². The summed E-state index contributed by atoms with van der Waals surface area (Å²) in [6.45, 7) is 4.60. The van der Waals surface area contributed by atoms with Gasteiger partial charge in [-0.2, -0.15) is 0 Å². The molecule has 0 bridgehead atoms. The molecule has 2 N–H and O–H groups in total. The van der Waals surface area contributed by atoms with Crippen molar-refractivity contribution < 1.29 is 14.3 Å². The Labute approximate surface area is 167 Å². The lowest BCUT2D eigenvalue weighted by Crippen LogP contribution is -2.18. The molecule has 3 aromatic rings. The van der Waals surface area contributed by atoms with E-state index < -0.39 is 0 Å². The van der Waals surface area contributed by atoms with Crippen molar-refractivity contribution in [3.8, 4) is 5.75 Å². The van der Waals surface area contributed by atoms with Gasteiger partial charge in [-0.1, -0.05) is 12.1 Å². The molecule has 2 aromatic carbocycles. The third-order valence-electron chi connectivity index (χ3n) is 4.03.